The van der Waals surface area contributed by atoms with Crippen LogP contribution in [0.25, 0.3) is 0 Å². The van der Waals surface area contributed by atoms with Gasteiger partial charge in [-0.25, -0.2) is 4.79 Å². The Balaban J connectivity index is 0. The monoisotopic (exact) mass is 591 g/mol. The normalized spacial score (nSPS) is 14.2. The standard InChI is InChI=1S/C12H19O4P.C11H19NO3.C4H6.B6/c1-4-15-17(13,16-5-2)10-11-7-6-8-12(9-11)14-3;1-8-7-12(6-5-9(8)13)10(14)15-11(2,3)4;1-3-4-2;1-5(2)6(3)4/h6-9H,4-5,10H2,1-3H3;8H,5-7H2,1-4H3;1-2H3;. The fraction of sp³-hybridized carbons (Fsp3) is 0.630. The summed E-state index contributed by atoms with van der Waals surface area (Å²) < 4.78 is 33.1. The molecule has 1 heterocycles. The Kier molecular flexibility index (Phi) is 22.7. The smallest absolute Gasteiger partial charge is 0.410 e. The average molecular weight is 590 g/mol. The molecular formula is C27H44B6NO7P. The second-order valence-corrected chi connectivity index (χ2v) is 12.2. The summed E-state index contributed by atoms with van der Waals surface area (Å²) in [5.74, 6) is 6.27. The summed E-state index contributed by atoms with van der Waals surface area (Å²) in [6.45, 7) is 16.3. The maximum absolute atomic E-state index is 12.3. The molecule has 8 nitrogen and oxygen atoms in total. The van der Waals surface area contributed by atoms with Gasteiger partial charge in [-0.2, -0.15) is 0 Å². The lowest BCUT2D eigenvalue weighted by molar-refractivity contribution is -0.125. The van der Waals surface area contributed by atoms with Crippen molar-refractivity contribution in [3.63, 3.8) is 0 Å². The number of Topliss-reactive ketones (excluding diaryl/α,β-unsaturated/α-hetero) is 1. The number of nitrogens with zero attached hydrogens (tertiary/aromatic N) is 1. The number of ether oxygens (including phenoxy) is 2. The lowest BCUT2D eigenvalue weighted by Gasteiger charge is -2.32. The van der Waals surface area contributed by atoms with Crippen molar-refractivity contribution in [1.82, 2.24) is 4.90 Å². The molecule has 0 aliphatic carbocycles. The Bertz CT molecular complexity index is 1010. The topological polar surface area (TPSA) is 91.4 Å². The van der Waals surface area contributed by atoms with Gasteiger partial charge in [-0.05, 0) is 66.2 Å². The molecule has 1 aliphatic rings. The zero-order valence-electron chi connectivity index (χ0n) is 26.8. The number of amides is 1. The van der Waals surface area contributed by atoms with Crippen molar-refractivity contribution in [1.29, 1.82) is 0 Å². The molecule has 15 heteroatoms. The van der Waals surface area contributed by atoms with Crippen LogP contribution in [0.1, 0.15) is 67.4 Å². The van der Waals surface area contributed by atoms with Crippen molar-refractivity contribution >= 4 is 63.2 Å². The summed E-state index contributed by atoms with van der Waals surface area (Å²) in [4.78, 5) is 24.5. The third kappa shape index (κ3) is 20.9. The first-order valence-corrected chi connectivity index (χ1v) is 15.6. The number of carbonyl (C=O) groups is 2. The van der Waals surface area contributed by atoms with Gasteiger partial charge in [0, 0.05) is 69.1 Å². The highest BCUT2D eigenvalue weighted by molar-refractivity contribution is 7.76. The van der Waals surface area contributed by atoms with Crippen LogP contribution >= 0.6 is 7.60 Å². The highest BCUT2D eigenvalue weighted by Crippen LogP contribution is 2.51. The van der Waals surface area contributed by atoms with E-state index in [1.165, 1.54) is 0 Å². The molecule has 0 spiro atoms. The summed E-state index contributed by atoms with van der Waals surface area (Å²) in [7, 11) is 18.4. The highest BCUT2D eigenvalue weighted by atomic mass is 31.2. The van der Waals surface area contributed by atoms with Crippen LogP contribution in [0.15, 0.2) is 24.3 Å². The molecule has 42 heavy (non-hydrogen) atoms. The van der Waals surface area contributed by atoms with E-state index >= 15 is 0 Å². The predicted octanol–water partition coefficient (Wildman–Crippen LogP) is 4.04. The molecule has 0 N–H and O–H groups in total. The first-order chi connectivity index (χ1) is 19.5. The van der Waals surface area contributed by atoms with Gasteiger partial charge in [0.1, 0.15) is 17.1 Å². The number of likely N-dealkylation sites (tertiary alicyclic amines) is 1. The van der Waals surface area contributed by atoms with Crippen LogP contribution in [0, 0.1) is 17.8 Å². The Morgan fingerprint density at radius 3 is 1.98 bits per heavy atom. The second-order valence-electron chi connectivity index (χ2n) is 10.2. The maximum atomic E-state index is 12.3. The average Bonchev–Trinajstić information content (AvgIpc) is 2.90. The van der Waals surface area contributed by atoms with Crippen molar-refractivity contribution in [3.05, 3.63) is 29.8 Å². The maximum Gasteiger partial charge on any atom is 0.410 e. The fourth-order valence-corrected chi connectivity index (χ4v) is 4.71. The van der Waals surface area contributed by atoms with Crippen LogP contribution in [0.3, 0.4) is 0 Å². The highest BCUT2D eigenvalue weighted by Gasteiger charge is 2.29. The number of hydrogen-bond acceptors (Lipinski definition) is 7. The minimum Gasteiger partial charge on any atom is -0.497 e. The Morgan fingerprint density at radius 2 is 1.60 bits per heavy atom. The first-order valence-electron chi connectivity index (χ1n) is 13.9. The molecule has 2 rings (SSSR count). The quantitative estimate of drug-likeness (QED) is 0.257. The predicted molar refractivity (Wildman–Crippen MR) is 178 cm³/mol. The molecule has 222 valence electrons. The number of methoxy groups -OCH3 is 1. The van der Waals surface area contributed by atoms with Crippen molar-refractivity contribution in [2.75, 3.05) is 33.4 Å². The summed E-state index contributed by atoms with van der Waals surface area (Å²) in [6.07, 6.45) is -0.788. The molecular weight excluding hydrogens is 546 g/mol. The van der Waals surface area contributed by atoms with Gasteiger partial charge in [-0.1, -0.05) is 19.1 Å². The number of benzene rings is 1. The number of rotatable bonds is 8. The third-order valence-electron chi connectivity index (χ3n) is 5.18. The minimum atomic E-state index is -3.03. The van der Waals surface area contributed by atoms with E-state index in [1.807, 2.05) is 65.8 Å². The molecule has 1 saturated heterocycles. The molecule has 1 unspecified atom stereocenters. The van der Waals surface area contributed by atoms with Crippen LogP contribution in [0.2, 0.25) is 0 Å². The zero-order valence-corrected chi connectivity index (χ0v) is 27.7. The minimum absolute atomic E-state index is 0.0636. The summed E-state index contributed by atoms with van der Waals surface area (Å²) in [5, 5.41) is 0. The van der Waals surface area contributed by atoms with Gasteiger partial charge >= 0.3 is 13.7 Å². The molecule has 8 radical (unpaired) electrons. The molecule has 0 bridgehead atoms. The summed E-state index contributed by atoms with van der Waals surface area (Å²) >= 11 is 0. The van der Waals surface area contributed by atoms with E-state index in [-0.39, 0.29) is 24.0 Å². The number of hydrogen-bond donors (Lipinski definition) is 0. The van der Waals surface area contributed by atoms with Gasteiger partial charge < -0.3 is 23.4 Å². The van der Waals surface area contributed by atoms with E-state index in [9.17, 15) is 14.2 Å². The largest absolute Gasteiger partial charge is 0.497 e. The number of piperidine rings is 1. The summed E-state index contributed by atoms with van der Waals surface area (Å²) in [6, 6.07) is 7.42. The lowest BCUT2D eigenvalue weighted by Crippen LogP contribution is -2.45. The second kappa shape index (κ2) is 22.6. The van der Waals surface area contributed by atoms with E-state index in [0.29, 0.717) is 32.7 Å². The summed E-state index contributed by atoms with van der Waals surface area (Å²) in [5.41, 5.74) is 0.413. The van der Waals surface area contributed by atoms with Crippen LogP contribution in [0.4, 0.5) is 4.79 Å². The van der Waals surface area contributed by atoms with Crippen molar-refractivity contribution in [2.24, 2.45) is 5.92 Å². The molecule has 1 aliphatic heterocycles. The van der Waals surface area contributed by atoms with E-state index in [4.69, 9.17) is 49.5 Å². The van der Waals surface area contributed by atoms with Crippen molar-refractivity contribution in [3.8, 4) is 17.6 Å². The third-order valence-corrected chi connectivity index (χ3v) is 7.24. The van der Waals surface area contributed by atoms with Gasteiger partial charge in [0.05, 0.1) is 26.5 Å². The van der Waals surface area contributed by atoms with Crippen LogP contribution < -0.4 is 4.74 Å². The van der Waals surface area contributed by atoms with E-state index in [2.05, 4.69) is 11.8 Å². The SMILES string of the molecule is CC#CC.CC1CN(C(=O)OC(C)(C)C)CCC1=O.CCOP(=O)(Cc1cccc(OC)c1)OCC.[B]B([B])B([B])[B]. The van der Waals surface area contributed by atoms with Gasteiger partial charge in [0.2, 0.25) is 0 Å². The van der Waals surface area contributed by atoms with Crippen molar-refractivity contribution < 1.29 is 32.7 Å². The van der Waals surface area contributed by atoms with Gasteiger partial charge in [-0.3, -0.25) is 9.36 Å². The molecule has 1 aromatic carbocycles. The number of ketones is 1. The van der Waals surface area contributed by atoms with Crippen LogP contribution in [-0.4, -0.2) is 99.5 Å². The van der Waals surface area contributed by atoms with E-state index in [1.54, 1.807) is 25.9 Å². The fourth-order valence-electron chi connectivity index (χ4n) is 3.02. The van der Waals surface area contributed by atoms with Crippen molar-refractivity contribution in [2.45, 2.75) is 73.6 Å². The molecule has 1 fully saturated rings. The molecule has 1 atom stereocenters. The van der Waals surface area contributed by atoms with Crippen LogP contribution in [-0.2, 0) is 29.3 Å². The van der Waals surface area contributed by atoms with Gasteiger partial charge in [-0.15, -0.1) is 11.8 Å². The molecule has 1 aromatic rings. The van der Waals surface area contributed by atoms with Gasteiger partial charge in [0.15, 0.2) is 0 Å². The Labute approximate surface area is 260 Å². The molecule has 1 amide bonds. The molecule has 0 aromatic heterocycles. The van der Waals surface area contributed by atoms with Gasteiger partial charge in [0.25, 0.3) is 0 Å². The Hall–Kier alpha value is -1.94. The van der Waals surface area contributed by atoms with Crippen LogP contribution in [0.5, 0.6) is 5.75 Å². The zero-order chi connectivity index (χ0) is 32.9. The lowest BCUT2D eigenvalue weighted by atomic mass is 8.81. The Morgan fingerprint density at radius 1 is 1.07 bits per heavy atom. The van der Waals surface area contributed by atoms with E-state index in [0.717, 1.165) is 11.3 Å². The number of carbonyl (C=O) groups excluding carboxylic acids is 2. The molecule has 0 saturated carbocycles. The van der Waals surface area contributed by atoms with E-state index < -0.39 is 26.0 Å². The first kappa shape index (κ1) is 42.2.